The van der Waals surface area contributed by atoms with Gasteiger partial charge in [0.15, 0.2) is 0 Å². The van der Waals surface area contributed by atoms with Crippen molar-refractivity contribution in [2.45, 2.75) is 40.2 Å². The van der Waals surface area contributed by atoms with Crippen LogP contribution >= 0.6 is 0 Å². The van der Waals surface area contributed by atoms with Crippen molar-refractivity contribution in [2.24, 2.45) is 0 Å². The van der Waals surface area contributed by atoms with E-state index in [4.69, 9.17) is 5.11 Å². The standard InChI is InChI=1S/C12H20N4O3/c1-7(2)16(6-5-10(17)18)12(19)13-11-8(3)14-15-9(11)4/h7H,5-6H2,1-4H3,(H,13,19)(H,14,15)(H,17,18). The highest BCUT2D eigenvalue weighted by Crippen LogP contribution is 2.17. The van der Waals surface area contributed by atoms with Crippen molar-refractivity contribution in [2.75, 3.05) is 11.9 Å². The summed E-state index contributed by atoms with van der Waals surface area (Å²) in [6.07, 6.45) is -0.0745. The average Bonchev–Trinajstić information content (AvgIpc) is 2.60. The average molecular weight is 268 g/mol. The molecule has 1 heterocycles. The molecule has 106 valence electrons. The van der Waals surface area contributed by atoms with Crippen LogP contribution in [0.15, 0.2) is 0 Å². The van der Waals surface area contributed by atoms with E-state index < -0.39 is 5.97 Å². The highest BCUT2D eigenvalue weighted by atomic mass is 16.4. The van der Waals surface area contributed by atoms with Crippen LogP contribution in [0.2, 0.25) is 0 Å². The number of amides is 2. The number of hydrogen-bond acceptors (Lipinski definition) is 3. The molecule has 0 atom stereocenters. The van der Waals surface area contributed by atoms with E-state index in [0.717, 1.165) is 5.69 Å². The second-order valence-corrected chi connectivity index (χ2v) is 4.67. The third-order valence-corrected chi connectivity index (χ3v) is 2.81. The van der Waals surface area contributed by atoms with Gasteiger partial charge in [-0.3, -0.25) is 9.89 Å². The number of hydrogen-bond donors (Lipinski definition) is 3. The Balaban J connectivity index is 2.75. The Morgan fingerprint density at radius 1 is 1.42 bits per heavy atom. The Labute approximate surface area is 112 Å². The van der Waals surface area contributed by atoms with Crippen molar-refractivity contribution in [1.29, 1.82) is 0 Å². The number of carbonyl (C=O) groups excluding carboxylic acids is 1. The number of aromatic amines is 1. The molecule has 1 aromatic rings. The molecular weight excluding hydrogens is 248 g/mol. The van der Waals surface area contributed by atoms with Gasteiger partial charge < -0.3 is 15.3 Å². The van der Waals surface area contributed by atoms with Crippen LogP contribution in [0.4, 0.5) is 10.5 Å². The van der Waals surface area contributed by atoms with Crippen LogP contribution in [0.25, 0.3) is 0 Å². The first-order chi connectivity index (χ1) is 8.82. The zero-order valence-corrected chi connectivity index (χ0v) is 11.6. The maximum absolute atomic E-state index is 12.1. The fourth-order valence-electron chi connectivity index (χ4n) is 1.72. The minimum absolute atomic E-state index is 0.0745. The topological polar surface area (TPSA) is 98.3 Å². The van der Waals surface area contributed by atoms with Crippen molar-refractivity contribution in [3.8, 4) is 0 Å². The van der Waals surface area contributed by atoms with Crippen LogP contribution in [-0.4, -0.2) is 44.8 Å². The SMILES string of the molecule is Cc1n[nH]c(C)c1NC(=O)N(CCC(=O)O)C(C)C. The lowest BCUT2D eigenvalue weighted by Gasteiger charge is -2.26. The number of aromatic nitrogens is 2. The van der Waals surface area contributed by atoms with Crippen LogP contribution in [-0.2, 0) is 4.79 Å². The number of carbonyl (C=O) groups is 2. The number of anilines is 1. The molecule has 0 aromatic carbocycles. The molecule has 1 aromatic heterocycles. The molecule has 7 nitrogen and oxygen atoms in total. The third kappa shape index (κ3) is 3.97. The van der Waals surface area contributed by atoms with Crippen LogP contribution in [0.5, 0.6) is 0 Å². The summed E-state index contributed by atoms with van der Waals surface area (Å²) in [5.41, 5.74) is 2.12. The molecule has 0 fully saturated rings. The lowest BCUT2D eigenvalue weighted by atomic mass is 10.3. The van der Waals surface area contributed by atoms with Crippen molar-refractivity contribution < 1.29 is 14.7 Å². The Bertz CT molecular complexity index is 448. The van der Waals surface area contributed by atoms with E-state index in [1.54, 1.807) is 6.92 Å². The maximum atomic E-state index is 12.1. The van der Waals surface area contributed by atoms with E-state index in [9.17, 15) is 9.59 Å². The minimum atomic E-state index is -0.922. The highest BCUT2D eigenvalue weighted by molar-refractivity contribution is 5.90. The largest absolute Gasteiger partial charge is 0.481 e. The van der Waals surface area contributed by atoms with Gasteiger partial charge in [0.25, 0.3) is 0 Å². The van der Waals surface area contributed by atoms with Crippen LogP contribution in [0.1, 0.15) is 31.7 Å². The molecule has 2 amide bonds. The van der Waals surface area contributed by atoms with Crippen molar-refractivity contribution in [1.82, 2.24) is 15.1 Å². The zero-order valence-electron chi connectivity index (χ0n) is 11.6. The van der Waals surface area contributed by atoms with E-state index in [1.807, 2.05) is 20.8 Å². The zero-order chi connectivity index (χ0) is 14.6. The van der Waals surface area contributed by atoms with Gasteiger partial charge in [-0.2, -0.15) is 5.10 Å². The normalized spacial score (nSPS) is 10.6. The number of aryl methyl sites for hydroxylation is 2. The van der Waals surface area contributed by atoms with E-state index in [2.05, 4.69) is 15.5 Å². The highest BCUT2D eigenvalue weighted by Gasteiger charge is 2.20. The fourth-order valence-corrected chi connectivity index (χ4v) is 1.72. The van der Waals surface area contributed by atoms with Gasteiger partial charge >= 0.3 is 12.0 Å². The van der Waals surface area contributed by atoms with Gasteiger partial charge in [0, 0.05) is 12.6 Å². The fraction of sp³-hybridized carbons (Fsp3) is 0.583. The molecule has 0 aliphatic carbocycles. The van der Waals surface area contributed by atoms with Gasteiger partial charge in [0.1, 0.15) is 0 Å². The predicted octanol–water partition coefficient (Wildman–Crippen LogP) is 1.74. The molecule has 1 rings (SSSR count). The number of carboxylic acids is 1. The van der Waals surface area contributed by atoms with Gasteiger partial charge in [0.05, 0.1) is 23.5 Å². The molecular formula is C12H20N4O3. The van der Waals surface area contributed by atoms with E-state index >= 15 is 0 Å². The molecule has 0 saturated carbocycles. The lowest BCUT2D eigenvalue weighted by Crippen LogP contribution is -2.41. The number of rotatable bonds is 5. The van der Waals surface area contributed by atoms with Gasteiger partial charge in [-0.05, 0) is 27.7 Å². The first-order valence-electron chi connectivity index (χ1n) is 6.14. The maximum Gasteiger partial charge on any atom is 0.322 e. The van der Waals surface area contributed by atoms with Crippen LogP contribution < -0.4 is 5.32 Å². The van der Waals surface area contributed by atoms with Crippen molar-refractivity contribution in [3.05, 3.63) is 11.4 Å². The first kappa shape index (κ1) is 15.0. The van der Waals surface area contributed by atoms with Crippen LogP contribution in [0.3, 0.4) is 0 Å². The molecule has 0 radical (unpaired) electrons. The van der Waals surface area contributed by atoms with Gasteiger partial charge in [-0.1, -0.05) is 0 Å². The van der Waals surface area contributed by atoms with Gasteiger partial charge in [-0.15, -0.1) is 0 Å². The lowest BCUT2D eigenvalue weighted by molar-refractivity contribution is -0.137. The molecule has 0 saturated heterocycles. The number of nitrogens with one attached hydrogen (secondary N) is 2. The second-order valence-electron chi connectivity index (χ2n) is 4.67. The molecule has 3 N–H and O–H groups in total. The minimum Gasteiger partial charge on any atom is -0.481 e. The van der Waals surface area contributed by atoms with E-state index in [1.165, 1.54) is 4.90 Å². The molecule has 0 spiro atoms. The van der Waals surface area contributed by atoms with Crippen LogP contribution in [0, 0.1) is 13.8 Å². The Hall–Kier alpha value is -2.05. The molecule has 0 bridgehead atoms. The Kier molecular flexibility index (Phi) is 4.91. The summed E-state index contributed by atoms with van der Waals surface area (Å²) in [5.74, 6) is -0.922. The van der Waals surface area contributed by atoms with Gasteiger partial charge in [0.2, 0.25) is 0 Å². The number of H-pyrrole nitrogens is 1. The molecule has 0 aliphatic heterocycles. The van der Waals surface area contributed by atoms with E-state index in [0.29, 0.717) is 11.4 Å². The summed E-state index contributed by atoms with van der Waals surface area (Å²) in [4.78, 5) is 24.2. The predicted molar refractivity (Wildman–Crippen MR) is 71.2 cm³/mol. The molecule has 0 unspecified atom stereocenters. The number of urea groups is 1. The van der Waals surface area contributed by atoms with Crippen molar-refractivity contribution >= 4 is 17.7 Å². The summed E-state index contributed by atoms with van der Waals surface area (Å²) >= 11 is 0. The number of nitrogens with zero attached hydrogens (tertiary/aromatic N) is 2. The summed E-state index contributed by atoms with van der Waals surface area (Å²) in [5, 5.41) is 18.2. The summed E-state index contributed by atoms with van der Waals surface area (Å²) < 4.78 is 0. The molecule has 19 heavy (non-hydrogen) atoms. The quantitative estimate of drug-likeness (QED) is 0.757. The Morgan fingerprint density at radius 2 is 2.05 bits per heavy atom. The molecule has 0 aliphatic rings. The number of aliphatic carboxylic acids is 1. The smallest absolute Gasteiger partial charge is 0.322 e. The Morgan fingerprint density at radius 3 is 2.47 bits per heavy atom. The monoisotopic (exact) mass is 268 g/mol. The second kappa shape index (κ2) is 6.21. The summed E-state index contributed by atoms with van der Waals surface area (Å²) in [6.45, 7) is 7.46. The number of carboxylic acid groups (broad SMARTS) is 1. The molecule has 7 heteroatoms. The van der Waals surface area contributed by atoms with Crippen molar-refractivity contribution in [3.63, 3.8) is 0 Å². The third-order valence-electron chi connectivity index (χ3n) is 2.81. The first-order valence-corrected chi connectivity index (χ1v) is 6.14. The summed E-state index contributed by atoms with van der Waals surface area (Å²) in [7, 11) is 0. The van der Waals surface area contributed by atoms with E-state index in [-0.39, 0.29) is 25.0 Å². The van der Waals surface area contributed by atoms with Gasteiger partial charge in [-0.25, -0.2) is 4.79 Å². The summed E-state index contributed by atoms with van der Waals surface area (Å²) in [6, 6.07) is -0.393.